The molecule has 9 heteroatoms. The van der Waals surface area contributed by atoms with Crippen molar-refractivity contribution in [3.05, 3.63) is 27.8 Å². The molecule has 2 aromatic rings. The Morgan fingerprint density at radius 2 is 1.75 bits per heavy atom. The summed E-state index contributed by atoms with van der Waals surface area (Å²) in [5.41, 5.74) is 3.04. The lowest BCUT2D eigenvalue weighted by Crippen LogP contribution is -2.54. The van der Waals surface area contributed by atoms with E-state index in [4.69, 9.17) is 0 Å². The molecule has 0 saturated carbocycles. The number of nitrogens with zero attached hydrogens (tertiary/aromatic N) is 4. The number of piperazine rings is 1. The third-order valence-electron chi connectivity index (χ3n) is 5.30. The van der Waals surface area contributed by atoms with Crippen LogP contribution in [0.3, 0.4) is 0 Å². The van der Waals surface area contributed by atoms with Gasteiger partial charge in [0, 0.05) is 50.3 Å². The van der Waals surface area contributed by atoms with Crippen LogP contribution in [0.4, 0.5) is 0 Å². The van der Waals surface area contributed by atoms with E-state index in [-0.39, 0.29) is 5.91 Å². The largest absolute Gasteiger partial charge is 0.335 e. The van der Waals surface area contributed by atoms with Crippen molar-refractivity contribution in [1.82, 2.24) is 18.5 Å². The van der Waals surface area contributed by atoms with Gasteiger partial charge in [0.15, 0.2) is 0 Å². The van der Waals surface area contributed by atoms with E-state index < -0.39 is 10.2 Å². The van der Waals surface area contributed by atoms with Crippen molar-refractivity contribution in [3.8, 4) is 0 Å². The molecule has 1 aliphatic heterocycles. The summed E-state index contributed by atoms with van der Waals surface area (Å²) in [5, 5.41) is 1.06. The van der Waals surface area contributed by atoms with Gasteiger partial charge in [-0.2, -0.15) is 17.0 Å². The average Bonchev–Trinajstić information content (AvgIpc) is 2.98. The van der Waals surface area contributed by atoms with Gasteiger partial charge < -0.3 is 4.90 Å². The Bertz CT molecular complexity index is 988. The van der Waals surface area contributed by atoms with Crippen LogP contribution >= 0.6 is 11.3 Å². The first-order valence-corrected chi connectivity index (χ1v) is 11.8. The van der Waals surface area contributed by atoms with Gasteiger partial charge in [0.05, 0.1) is 4.88 Å². The number of fused-ring (bicyclic) bond motifs is 1. The molecule has 0 aliphatic carbocycles. The molecule has 154 valence electrons. The van der Waals surface area contributed by atoms with Gasteiger partial charge in [0.2, 0.25) is 0 Å². The van der Waals surface area contributed by atoms with Crippen LogP contribution in [0, 0.1) is 20.8 Å². The van der Waals surface area contributed by atoms with Crippen LogP contribution in [0.1, 0.15) is 40.3 Å². The number of carbonyl (C=O) groups excluding carboxylic acids is 1. The van der Waals surface area contributed by atoms with Gasteiger partial charge in [0.25, 0.3) is 16.1 Å². The van der Waals surface area contributed by atoms with E-state index in [0.29, 0.717) is 44.1 Å². The first-order valence-electron chi connectivity index (χ1n) is 9.62. The Kier molecular flexibility index (Phi) is 6.09. The summed E-state index contributed by atoms with van der Waals surface area (Å²) in [7, 11) is -3.46. The third kappa shape index (κ3) is 3.68. The van der Waals surface area contributed by atoms with Gasteiger partial charge in [-0.15, -0.1) is 11.3 Å². The van der Waals surface area contributed by atoms with Crippen molar-refractivity contribution in [1.29, 1.82) is 0 Å². The molecule has 1 aliphatic rings. The summed E-state index contributed by atoms with van der Waals surface area (Å²) < 4.78 is 28.3. The minimum atomic E-state index is -3.46. The van der Waals surface area contributed by atoms with Crippen molar-refractivity contribution in [2.75, 3.05) is 39.3 Å². The van der Waals surface area contributed by atoms with Gasteiger partial charge >= 0.3 is 0 Å². The van der Waals surface area contributed by atoms with E-state index >= 15 is 0 Å². The van der Waals surface area contributed by atoms with Crippen LogP contribution in [0.5, 0.6) is 0 Å². The SMILES string of the molecule is CCN(CC)S(=O)(=O)N1CCN(C(=O)c2sc3nc(C)cc(C)c3c2C)CC1. The van der Waals surface area contributed by atoms with Gasteiger partial charge in [-0.3, -0.25) is 4.79 Å². The standard InChI is InChI=1S/C19H28N4O3S2/c1-6-22(7-2)28(25,26)23-10-8-21(9-11-23)19(24)17-15(5)16-13(3)12-14(4)20-18(16)27-17/h12H,6-11H2,1-5H3. The maximum Gasteiger partial charge on any atom is 0.282 e. The van der Waals surface area contributed by atoms with Gasteiger partial charge in [0.1, 0.15) is 4.83 Å². The molecule has 1 amide bonds. The van der Waals surface area contributed by atoms with Crippen LogP contribution < -0.4 is 0 Å². The highest BCUT2D eigenvalue weighted by atomic mass is 32.2. The number of hydrogen-bond donors (Lipinski definition) is 0. The van der Waals surface area contributed by atoms with Crippen molar-refractivity contribution in [3.63, 3.8) is 0 Å². The summed E-state index contributed by atoms with van der Waals surface area (Å²) >= 11 is 1.43. The fourth-order valence-electron chi connectivity index (χ4n) is 3.80. The third-order valence-corrected chi connectivity index (χ3v) is 8.66. The van der Waals surface area contributed by atoms with E-state index in [1.54, 1.807) is 4.90 Å². The first kappa shape index (κ1) is 21.2. The molecule has 0 bridgehead atoms. The molecule has 1 saturated heterocycles. The normalized spacial score (nSPS) is 16.3. The number of pyridine rings is 1. The topological polar surface area (TPSA) is 73.8 Å². The predicted octanol–water partition coefficient (Wildman–Crippen LogP) is 2.57. The molecule has 1 fully saturated rings. The van der Waals surface area contributed by atoms with E-state index in [2.05, 4.69) is 4.98 Å². The maximum atomic E-state index is 13.1. The molecule has 3 heterocycles. The minimum absolute atomic E-state index is 0.0301. The number of thiophene rings is 1. The number of aromatic nitrogens is 1. The monoisotopic (exact) mass is 424 g/mol. The fourth-order valence-corrected chi connectivity index (χ4v) is 6.68. The summed E-state index contributed by atoms with van der Waals surface area (Å²) in [6.07, 6.45) is 0. The summed E-state index contributed by atoms with van der Waals surface area (Å²) in [6.45, 7) is 12.0. The highest BCUT2D eigenvalue weighted by Gasteiger charge is 2.33. The lowest BCUT2D eigenvalue weighted by atomic mass is 10.1. The number of amides is 1. The first-order chi connectivity index (χ1) is 13.2. The van der Waals surface area contributed by atoms with Crippen LogP contribution in [0.2, 0.25) is 0 Å². The number of carbonyl (C=O) groups is 1. The van der Waals surface area contributed by atoms with E-state index in [9.17, 15) is 13.2 Å². The van der Waals surface area contributed by atoms with Gasteiger partial charge in [-0.05, 0) is 38.0 Å². The predicted molar refractivity (Wildman–Crippen MR) is 113 cm³/mol. The Morgan fingerprint density at radius 1 is 1.14 bits per heavy atom. The molecular formula is C19H28N4O3S2. The molecule has 0 aromatic carbocycles. The smallest absolute Gasteiger partial charge is 0.282 e. The maximum absolute atomic E-state index is 13.1. The lowest BCUT2D eigenvalue weighted by Gasteiger charge is -2.36. The molecule has 3 rings (SSSR count). The van der Waals surface area contributed by atoms with Crippen LogP contribution in [-0.2, 0) is 10.2 Å². The van der Waals surface area contributed by atoms with Crippen LogP contribution in [0.25, 0.3) is 10.2 Å². The Hall–Kier alpha value is -1.55. The second-order valence-electron chi connectivity index (χ2n) is 7.10. The van der Waals surface area contributed by atoms with Crippen molar-refractivity contribution in [2.45, 2.75) is 34.6 Å². The average molecular weight is 425 g/mol. The van der Waals surface area contributed by atoms with Crippen molar-refractivity contribution in [2.24, 2.45) is 0 Å². The molecular weight excluding hydrogens is 396 g/mol. The van der Waals surface area contributed by atoms with Crippen molar-refractivity contribution < 1.29 is 13.2 Å². The molecule has 0 atom stereocenters. The Morgan fingerprint density at radius 3 is 2.32 bits per heavy atom. The zero-order valence-electron chi connectivity index (χ0n) is 17.2. The van der Waals surface area contributed by atoms with E-state index in [1.807, 2.05) is 40.7 Å². The van der Waals surface area contributed by atoms with E-state index in [1.165, 1.54) is 19.9 Å². The summed E-state index contributed by atoms with van der Waals surface area (Å²) in [5.74, 6) is -0.0301. The van der Waals surface area contributed by atoms with E-state index in [0.717, 1.165) is 27.0 Å². The Balaban J connectivity index is 1.79. The molecule has 0 N–H and O–H groups in total. The number of hydrogen-bond acceptors (Lipinski definition) is 5. The quantitative estimate of drug-likeness (QED) is 0.739. The molecule has 7 nitrogen and oxygen atoms in total. The highest BCUT2D eigenvalue weighted by Crippen LogP contribution is 2.33. The van der Waals surface area contributed by atoms with Crippen LogP contribution in [-0.4, -0.2) is 72.1 Å². The second kappa shape index (κ2) is 8.06. The van der Waals surface area contributed by atoms with Gasteiger partial charge in [-0.1, -0.05) is 13.8 Å². The molecule has 28 heavy (non-hydrogen) atoms. The number of aryl methyl sites for hydroxylation is 3. The molecule has 2 aromatic heterocycles. The molecule has 0 radical (unpaired) electrons. The van der Waals surface area contributed by atoms with Crippen molar-refractivity contribution >= 4 is 37.7 Å². The minimum Gasteiger partial charge on any atom is -0.335 e. The molecule has 0 unspecified atom stereocenters. The summed E-state index contributed by atoms with van der Waals surface area (Å²) in [4.78, 5) is 21.1. The zero-order valence-corrected chi connectivity index (χ0v) is 18.8. The number of rotatable bonds is 5. The van der Waals surface area contributed by atoms with Crippen LogP contribution in [0.15, 0.2) is 6.07 Å². The summed E-state index contributed by atoms with van der Waals surface area (Å²) in [6, 6.07) is 2.03. The second-order valence-corrected chi connectivity index (χ2v) is 10.0. The lowest BCUT2D eigenvalue weighted by molar-refractivity contribution is 0.0698. The fraction of sp³-hybridized carbons (Fsp3) is 0.579. The highest BCUT2D eigenvalue weighted by molar-refractivity contribution is 7.86. The molecule has 0 spiro atoms. The zero-order chi connectivity index (χ0) is 20.6. The Labute approximate surface area is 171 Å². The van der Waals surface area contributed by atoms with Gasteiger partial charge in [-0.25, -0.2) is 4.98 Å².